The molecule has 1 aliphatic heterocycles. The molecule has 5 nitrogen and oxygen atoms in total. The van der Waals surface area contributed by atoms with Gasteiger partial charge in [-0.2, -0.15) is 0 Å². The Labute approximate surface area is 150 Å². The lowest BCUT2D eigenvalue weighted by molar-refractivity contribution is 0.0985. The van der Waals surface area contributed by atoms with Crippen molar-refractivity contribution in [2.45, 2.75) is 6.42 Å². The van der Waals surface area contributed by atoms with Gasteiger partial charge in [0.25, 0.3) is 5.91 Å². The monoisotopic (exact) mass is 340 g/mol. The Morgan fingerprint density at radius 2 is 1.85 bits per heavy atom. The quantitative estimate of drug-likeness (QED) is 0.560. The van der Waals surface area contributed by atoms with Crippen LogP contribution in [0.4, 0.5) is 5.69 Å². The predicted molar refractivity (Wildman–Crippen MR) is 100 cm³/mol. The fourth-order valence-corrected chi connectivity index (χ4v) is 3.47. The summed E-state index contributed by atoms with van der Waals surface area (Å²) < 4.78 is 1.89. The zero-order valence-corrected chi connectivity index (χ0v) is 14.0. The number of anilines is 1. The van der Waals surface area contributed by atoms with E-state index in [1.165, 1.54) is 5.56 Å². The largest absolute Gasteiger partial charge is 0.306 e. The molecule has 0 saturated heterocycles. The van der Waals surface area contributed by atoms with Gasteiger partial charge in [-0.1, -0.05) is 24.3 Å². The fourth-order valence-electron chi connectivity index (χ4n) is 3.47. The summed E-state index contributed by atoms with van der Waals surface area (Å²) in [5.74, 6) is -0.0574. The number of aromatic nitrogens is 3. The van der Waals surface area contributed by atoms with E-state index in [1.807, 2.05) is 64.0 Å². The van der Waals surface area contributed by atoms with E-state index in [4.69, 9.17) is 0 Å². The minimum atomic E-state index is -0.0574. The molecule has 5 rings (SSSR count). The van der Waals surface area contributed by atoms with Crippen molar-refractivity contribution in [1.29, 1.82) is 0 Å². The third kappa shape index (κ3) is 2.37. The van der Waals surface area contributed by atoms with Gasteiger partial charge in [-0.15, -0.1) is 0 Å². The number of benzene rings is 1. The van der Waals surface area contributed by atoms with Gasteiger partial charge >= 0.3 is 0 Å². The molecule has 0 fully saturated rings. The average molecular weight is 340 g/mol. The van der Waals surface area contributed by atoms with Crippen molar-refractivity contribution < 1.29 is 4.79 Å². The number of hydrogen-bond donors (Lipinski definition) is 0. The van der Waals surface area contributed by atoms with Crippen molar-refractivity contribution in [3.8, 4) is 11.3 Å². The maximum Gasteiger partial charge on any atom is 0.278 e. The number of rotatable bonds is 2. The van der Waals surface area contributed by atoms with Crippen LogP contribution in [0.2, 0.25) is 0 Å². The third-order valence-electron chi connectivity index (χ3n) is 4.76. The van der Waals surface area contributed by atoms with Gasteiger partial charge in [0.15, 0.2) is 0 Å². The van der Waals surface area contributed by atoms with Gasteiger partial charge in [0.05, 0.1) is 5.69 Å². The van der Waals surface area contributed by atoms with Crippen LogP contribution in [0.5, 0.6) is 0 Å². The van der Waals surface area contributed by atoms with Gasteiger partial charge in [-0.25, -0.2) is 4.98 Å². The number of amides is 1. The molecule has 5 heteroatoms. The van der Waals surface area contributed by atoms with Crippen LogP contribution in [0.15, 0.2) is 73.2 Å². The lowest BCUT2D eigenvalue weighted by Crippen LogP contribution is -2.29. The first kappa shape index (κ1) is 14.8. The molecule has 0 radical (unpaired) electrons. The third-order valence-corrected chi connectivity index (χ3v) is 4.76. The molecule has 126 valence electrons. The number of carbonyl (C=O) groups is 1. The first-order valence-corrected chi connectivity index (χ1v) is 8.59. The minimum absolute atomic E-state index is 0.0574. The molecule has 0 N–H and O–H groups in total. The highest BCUT2D eigenvalue weighted by molar-refractivity contribution is 6.06. The van der Waals surface area contributed by atoms with E-state index in [2.05, 4.69) is 16.0 Å². The number of nitrogens with zero attached hydrogens (tertiary/aromatic N) is 4. The van der Waals surface area contributed by atoms with Gasteiger partial charge in [0.2, 0.25) is 0 Å². The molecule has 1 aromatic carbocycles. The Balaban J connectivity index is 1.51. The molecule has 0 saturated carbocycles. The average Bonchev–Trinajstić information content (AvgIpc) is 3.32. The number of hydrogen-bond acceptors (Lipinski definition) is 3. The molecule has 0 aliphatic carbocycles. The Hall–Kier alpha value is -3.47. The number of fused-ring (bicyclic) bond motifs is 2. The molecule has 1 aliphatic rings. The Morgan fingerprint density at radius 3 is 2.73 bits per heavy atom. The summed E-state index contributed by atoms with van der Waals surface area (Å²) in [7, 11) is 0. The fraction of sp³-hybridized carbons (Fsp3) is 0.0952. The molecule has 0 bridgehead atoms. The highest BCUT2D eigenvalue weighted by Gasteiger charge is 2.26. The van der Waals surface area contributed by atoms with Crippen molar-refractivity contribution in [1.82, 2.24) is 14.4 Å². The van der Waals surface area contributed by atoms with Crippen LogP contribution in [-0.4, -0.2) is 26.8 Å². The van der Waals surface area contributed by atoms with Crippen molar-refractivity contribution in [3.63, 3.8) is 0 Å². The van der Waals surface area contributed by atoms with E-state index in [1.54, 1.807) is 12.4 Å². The first-order chi connectivity index (χ1) is 12.8. The Kier molecular flexibility index (Phi) is 3.31. The van der Waals surface area contributed by atoms with Crippen LogP contribution in [0.3, 0.4) is 0 Å². The molecule has 3 aromatic heterocycles. The van der Waals surface area contributed by atoms with Crippen molar-refractivity contribution in [3.05, 3.63) is 84.4 Å². The van der Waals surface area contributed by atoms with E-state index < -0.39 is 0 Å². The van der Waals surface area contributed by atoms with Gasteiger partial charge in [0, 0.05) is 36.4 Å². The maximum absolute atomic E-state index is 13.0. The molecule has 26 heavy (non-hydrogen) atoms. The standard InChI is InChI=1S/C21H16N4O/c26-21(25-12-10-15-5-1-2-7-19(15)25)18-14-24-13-16(8-9-20(24)23-18)17-6-3-4-11-22-17/h1-9,11,13-14H,10,12H2. The van der Waals surface area contributed by atoms with Crippen LogP contribution >= 0.6 is 0 Å². The minimum Gasteiger partial charge on any atom is -0.306 e. The summed E-state index contributed by atoms with van der Waals surface area (Å²) in [5, 5.41) is 0. The van der Waals surface area contributed by atoms with E-state index in [0.717, 1.165) is 29.0 Å². The number of carbonyl (C=O) groups excluding carboxylic acids is 1. The highest BCUT2D eigenvalue weighted by Crippen LogP contribution is 2.29. The Bertz CT molecular complexity index is 1120. The number of imidazole rings is 1. The van der Waals surface area contributed by atoms with Gasteiger partial charge in [0.1, 0.15) is 11.3 Å². The number of pyridine rings is 2. The molecule has 4 aromatic rings. The Morgan fingerprint density at radius 1 is 0.962 bits per heavy atom. The smallest absolute Gasteiger partial charge is 0.278 e. The molecular weight excluding hydrogens is 324 g/mol. The summed E-state index contributed by atoms with van der Waals surface area (Å²) in [6.45, 7) is 0.700. The van der Waals surface area contributed by atoms with Crippen LogP contribution < -0.4 is 4.90 Å². The second-order valence-electron chi connectivity index (χ2n) is 6.36. The zero-order chi connectivity index (χ0) is 17.5. The number of para-hydroxylation sites is 1. The summed E-state index contributed by atoms with van der Waals surface area (Å²) in [5.41, 5.74) is 5.29. The maximum atomic E-state index is 13.0. The van der Waals surface area contributed by atoms with Crippen molar-refractivity contribution in [2.24, 2.45) is 0 Å². The van der Waals surface area contributed by atoms with Crippen molar-refractivity contribution in [2.75, 3.05) is 11.4 Å². The first-order valence-electron chi connectivity index (χ1n) is 8.59. The zero-order valence-electron chi connectivity index (χ0n) is 14.0. The highest BCUT2D eigenvalue weighted by atomic mass is 16.2. The molecule has 1 amide bonds. The van der Waals surface area contributed by atoms with Crippen LogP contribution in [-0.2, 0) is 6.42 Å². The SMILES string of the molecule is O=C(c1cn2cc(-c3ccccn3)ccc2n1)N1CCc2ccccc21. The molecular formula is C21H16N4O. The van der Waals surface area contributed by atoms with E-state index >= 15 is 0 Å². The van der Waals surface area contributed by atoms with Gasteiger partial charge in [-0.3, -0.25) is 9.78 Å². The van der Waals surface area contributed by atoms with E-state index in [0.29, 0.717) is 12.2 Å². The molecule has 0 spiro atoms. The van der Waals surface area contributed by atoms with Gasteiger partial charge in [-0.05, 0) is 42.3 Å². The van der Waals surface area contributed by atoms with E-state index in [9.17, 15) is 4.79 Å². The topological polar surface area (TPSA) is 50.5 Å². The second-order valence-corrected chi connectivity index (χ2v) is 6.36. The molecule has 4 heterocycles. The second kappa shape index (κ2) is 5.81. The van der Waals surface area contributed by atoms with Crippen LogP contribution in [0.25, 0.3) is 16.9 Å². The van der Waals surface area contributed by atoms with E-state index in [-0.39, 0.29) is 5.91 Å². The van der Waals surface area contributed by atoms with Gasteiger partial charge < -0.3 is 9.30 Å². The van der Waals surface area contributed by atoms with Crippen molar-refractivity contribution >= 4 is 17.2 Å². The summed E-state index contributed by atoms with van der Waals surface area (Å²) in [6.07, 6.45) is 6.41. The predicted octanol–water partition coefficient (Wildman–Crippen LogP) is 3.60. The lowest BCUT2D eigenvalue weighted by atomic mass is 10.2. The molecule has 0 unspecified atom stereocenters. The summed E-state index contributed by atoms with van der Waals surface area (Å²) in [4.78, 5) is 23.7. The lowest BCUT2D eigenvalue weighted by Gasteiger charge is -2.15. The van der Waals surface area contributed by atoms with Crippen LogP contribution in [0, 0.1) is 0 Å². The normalized spacial score (nSPS) is 13.2. The summed E-state index contributed by atoms with van der Waals surface area (Å²) >= 11 is 0. The van der Waals surface area contributed by atoms with Crippen LogP contribution in [0.1, 0.15) is 16.1 Å². The molecule has 0 atom stereocenters. The summed E-state index contributed by atoms with van der Waals surface area (Å²) in [6, 6.07) is 17.8.